The van der Waals surface area contributed by atoms with Crippen LogP contribution in [0.3, 0.4) is 0 Å². The highest BCUT2D eigenvalue weighted by Gasteiger charge is 1.98. The van der Waals surface area contributed by atoms with Crippen LogP contribution in [0.1, 0.15) is 11.3 Å². The first kappa shape index (κ1) is 13.4. The Morgan fingerprint density at radius 3 is 2.68 bits per heavy atom. The first-order chi connectivity index (χ1) is 9.29. The lowest BCUT2D eigenvalue weighted by Crippen LogP contribution is -2.15. The molecule has 0 aliphatic rings. The molecule has 0 saturated carbocycles. The molecule has 1 heterocycles. The summed E-state index contributed by atoms with van der Waals surface area (Å²) in [7, 11) is 1.95. The summed E-state index contributed by atoms with van der Waals surface area (Å²) in [5.41, 5.74) is 2.40. The van der Waals surface area contributed by atoms with E-state index in [1.54, 1.807) is 6.08 Å². The first-order valence-corrected chi connectivity index (χ1v) is 6.30. The lowest BCUT2D eigenvalue weighted by Gasteiger charge is -2.07. The van der Waals surface area contributed by atoms with Crippen LogP contribution < -0.4 is 10.1 Å². The van der Waals surface area contributed by atoms with Crippen LogP contribution in [-0.2, 0) is 20.1 Å². The van der Waals surface area contributed by atoms with Gasteiger partial charge >= 0.3 is 0 Å². The zero-order valence-electron chi connectivity index (χ0n) is 11.2. The molecule has 0 unspecified atom stereocenters. The van der Waals surface area contributed by atoms with Gasteiger partial charge in [0, 0.05) is 26.3 Å². The van der Waals surface area contributed by atoms with Crippen LogP contribution in [-0.4, -0.2) is 16.4 Å². The lowest BCUT2D eigenvalue weighted by molar-refractivity contribution is 0.363. The molecule has 0 aliphatic heterocycles. The van der Waals surface area contributed by atoms with Gasteiger partial charge in [0.25, 0.3) is 0 Å². The largest absolute Gasteiger partial charge is 0.490 e. The van der Waals surface area contributed by atoms with Gasteiger partial charge in [-0.3, -0.25) is 4.68 Å². The molecule has 2 aromatic rings. The van der Waals surface area contributed by atoms with Crippen LogP contribution in [0, 0.1) is 0 Å². The van der Waals surface area contributed by atoms with E-state index in [2.05, 4.69) is 29.1 Å². The van der Waals surface area contributed by atoms with Gasteiger partial charge in [-0.15, -0.1) is 0 Å². The average Bonchev–Trinajstić information content (AvgIpc) is 2.84. The van der Waals surface area contributed by atoms with E-state index in [0.29, 0.717) is 6.61 Å². The van der Waals surface area contributed by atoms with Crippen molar-refractivity contribution in [3.8, 4) is 5.75 Å². The number of aryl methyl sites for hydroxylation is 1. The Labute approximate surface area is 113 Å². The first-order valence-electron chi connectivity index (χ1n) is 6.30. The van der Waals surface area contributed by atoms with Crippen LogP contribution in [0.15, 0.2) is 49.2 Å². The van der Waals surface area contributed by atoms with E-state index in [9.17, 15) is 0 Å². The Hall–Kier alpha value is -2.07. The molecule has 0 amide bonds. The molecular formula is C15H19N3O. The Morgan fingerprint density at radius 1 is 1.26 bits per heavy atom. The van der Waals surface area contributed by atoms with Crippen molar-refractivity contribution in [3.63, 3.8) is 0 Å². The summed E-state index contributed by atoms with van der Waals surface area (Å²) in [5, 5.41) is 7.52. The number of hydrogen-bond donors (Lipinski definition) is 1. The summed E-state index contributed by atoms with van der Waals surface area (Å²) < 4.78 is 7.31. The summed E-state index contributed by atoms with van der Waals surface area (Å²) in [6.45, 7) is 5.80. The molecule has 0 radical (unpaired) electrons. The van der Waals surface area contributed by atoms with Crippen LogP contribution >= 0.6 is 0 Å². The monoisotopic (exact) mass is 257 g/mol. The van der Waals surface area contributed by atoms with Crippen molar-refractivity contribution in [2.45, 2.75) is 13.1 Å². The van der Waals surface area contributed by atoms with Gasteiger partial charge < -0.3 is 10.1 Å². The van der Waals surface area contributed by atoms with Crippen LogP contribution in [0.2, 0.25) is 0 Å². The predicted molar refractivity (Wildman–Crippen MR) is 75.9 cm³/mol. The van der Waals surface area contributed by atoms with Gasteiger partial charge in [-0.05, 0) is 23.8 Å². The number of ether oxygens (including phenoxy) is 1. The SMILES string of the molecule is C=CCOc1ccc(CNCc2ccnn2C)cc1. The molecular weight excluding hydrogens is 238 g/mol. The molecule has 0 saturated heterocycles. The average molecular weight is 257 g/mol. The number of benzene rings is 1. The molecule has 0 spiro atoms. The number of nitrogens with one attached hydrogen (secondary N) is 1. The molecule has 1 aromatic heterocycles. The van der Waals surface area contributed by atoms with Crippen LogP contribution in [0.5, 0.6) is 5.75 Å². The molecule has 1 aromatic carbocycles. The molecule has 2 rings (SSSR count). The highest BCUT2D eigenvalue weighted by molar-refractivity contribution is 5.27. The van der Waals surface area contributed by atoms with Crippen molar-refractivity contribution in [2.75, 3.05) is 6.61 Å². The highest BCUT2D eigenvalue weighted by atomic mass is 16.5. The van der Waals surface area contributed by atoms with E-state index >= 15 is 0 Å². The number of nitrogens with zero attached hydrogens (tertiary/aromatic N) is 2. The second-order valence-corrected chi connectivity index (χ2v) is 4.29. The van der Waals surface area contributed by atoms with Crippen molar-refractivity contribution in [1.29, 1.82) is 0 Å². The Balaban J connectivity index is 1.80. The minimum atomic E-state index is 0.540. The van der Waals surface area contributed by atoms with Gasteiger partial charge in [-0.1, -0.05) is 24.8 Å². The Kier molecular flexibility index (Phi) is 4.75. The molecule has 4 heteroatoms. The second kappa shape index (κ2) is 6.75. The zero-order valence-corrected chi connectivity index (χ0v) is 11.2. The Morgan fingerprint density at radius 2 is 2.05 bits per heavy atom. The van der Waals surface area contributed by atoms with E-state index in [0.717, 1.165) is 18.8 Å². The van der Waals surface area contributed by atoms with E-state index in [4.69, 9.17) is 4.74 Å². The van der Waals surface area contributed by atoms with Crippen molar-refractivity contribution in [3.05, 3.63) is 60.4 Å². The van der Waals surface area contributed by atoms with Crippen molar-refractivity contribution in [1.82, 2.24) is 15.1 Å². The fourth-order valence-corrected chi connectivity index (χ4v) is 1.77. The minimum absolute atomic E-state index is 0.540. The number of aromatic nitrogens is 2. The quantitative estimate of drug-likeness (QED) is 0.773. The van der Waals surface area contributed by atoms with Gasteiger partial charge in [0.05, 0.1) is 5.69 Å². The van der Waals surface area contributed by atoms with Crippen LogP contribution in [0.25, 0.3) is 0 Å². The molecule has 0 atom stereocenters. The predicted octanol–water partition coefficient (Wildman–Crippen LogP) is 2.27. The van der Waals surface area contributed by atoms with Crippen LogP contribution in [0.4, 0.5) is 0 Å². The fourth-order valence-electron chi connectivity index (χ4n) is 1.77. The molecule has 0 fully saturated rings. The summed E-state index contributed by atoms with van der Waals surface area (Å²) in [5.74, 6) is 0.871. The third-order valence-corrected chi connectivity index (χ3v) is 2.85. The standard InChI is InChI=1S/C15H19N3O/c1-3-10-19-15-6-4-13(5-7-15)11-16-12-14-8-9-17-18(14)2/h3-9,16H,1,10-12H2,2H3. The maximum Gasteiger partial charge on any atom is 0.119 e. The molecule has 4 nitrogen and oxygen atoms in total. The molecule has 1 N–H and O–H groups in total. The van der Waals surface area contributed by atoms with Gasteiger partial charge in [-0.25, -0.2) is 0 Å². The highest BCUT2D eigenvalue weighted by Crippen LogP contribution is 2.12. The van der Waals surface area contributed by atoms with Gasteiger partial charge in [0.1, 0.15) is 12.4 Å². The maximum absolute atomic E-state index is 5.44. The van der Waals surface area contributed by atoms with E-state index in [-0.39, 0.29) is 0 Å². The smallest absolute Gasteiger partial charge is 0.119 e. The van der Waals surface area contributed by atoms with Crippen molar-refractivity contribution in [2.24, 2.45) is 7.05 Å². The van der Waals surface area contributed by atoms with Crippen molar-refractivity contribution < 1.29 is 4.74 Å². The molecule has 0 bridgehead atoms. The van der Waals surface area contributed by atoms with Gasteiger partial charge in [-0.2, -0.15) is 5.10 Å². The maximum atomic E-state index is 5.44. The van der Waals surface area contributed by atoms with E-state index < -0.39 is 0 Å². The number of hydrogen-bond acceptors (Lipinski definition) is 3. The third-order valence-electron chi connectivity index (χ3n) is 2.85. The summed E-state index contributed by atoms with van der Waals surface area (Å²) in [6.07, 6.45) is 3.55. The minimum Gasteiger partial charge on any atom is -0.490 e. The van der Waals surface area contributed by atoms with E-state index in [1.807, 2.05) is 36.1 Å². The summed E-state index contributed by atoms with van der Waals surface area (Å²) >= 11 is 0. The fraction of sp³-hybridized carbons (Fsp3) is 0.267. The summed E-state index contributed by atoms with van der Waals surface area (Å²) in [4.78, 5) is 0. The number of rotatable bonds is 7. The Bertz CT molecular complexity index is 516. The molecule has 100 valence electrons. The third kappa shape index (κ3) is 3.96. The normalized spacial score (nSPS) is 10.4. The molecule has 0 aliphatic carbocycles. The zero-order chi connectivity index (χ0) is 13.5. The topological polar surface area (TPSA) is 39.1 Å². The van der Waals surface area contributed by atoms with Gasteiger partial charge in [0.2, 0.25) is 0 Å². The van der Waals surface area contributed by atoms with Crippen molar-refractivity contribution >= 4 is 0 Å². The second-order valence-electron chi connectivity index (χ2n) is 4.29. The van der Waals surface area contributed by atoms with E-state index in [1.165, 1.54) is 11.3 Å². The van der Waals surface area contributed by atoms with Gasteiger partial charge in [0.15, 0.2) is 0 Å². The lowest BCUT2D eigenvalue weighted by atomic mass is 10.2. The molecule has 19 heavy (non-hydrogen) atoms. The summed E-state index contributed by atoms with van der Waals surface area (Å²) in [6, 6.07) is 10.1.